The number of carbonyl (C=O) groups is 1. The molecule has 0 aromatic carbocycles. The molecule has 4 rings (SSSR count). The minimum atomic E-state index is -3.02. The first-order chi connectivity index (χ1) is 14.4. The Bertz CT molecular complexity index is 966. The van der Waals surface area contributed by atoms with E-state index in [1.165, 1.54) is 35.9 Å². The van der Waals surface area contributed by atoms with Crippen LogP contribution in [0, 0.1) is 0 Å². The second-order valence-corrected chi connectivity index (χ2v) is 12.8. The van der Waals surface area contributed by atoms with E-state index in [9.17, 15) is 13.2 Å². The van der Waals surface area contributed by atoms with Gasteiger partial charge in [0.05, 0.1) is 16.8 Å². The molecule has 2 aromatic rings. The third-order valence-electron chi connectivity index (χ3n) is 5.82. The van der Waals surface area contributed by atoms with Crippen LogP contribution in [0.4, 0.5) is 0 Å². The number of amides is 1. The lowest BCUT2D eigenvalue weighted by Crippen LogP contribution is -2.40. The number of hydrogen-bond donors (Lipinski definition) is 1. The van der Waals surface area contributed by atoms with E-state index in [1.807, 2.05) is 13.0 Å². The number of thiophene rings is 1. The predicted molar refractivity (Wildman–Crippen MR) is 120 cm³/mol. The zero-order chi connectivity index (χ0) is 21.1. The summed E-state index contributed by atoms with van der Waals surface area (Å²) >= 11 is 3.14. The number of thioether (sulfide) groups is 1. The molecule has 0 spiro atoms. The largest absolute Gasteiger partial charge is 0.351 e. The van der Waals surface area contributed by atoms with Crippen molar-refractivity contribution in [2.45, 2.75) is 74.4 Å². The molecule has 3 heterocycles. The standard InChI is InChI=1S/C20H28N4O3S3/c1-14(19(25)21-15-9-11-30(26,27)13-15)29-20-23-22-18(12-17-8-5-10-28-17)24(20)16-6-3-2-4-7-16/h5,8,10,14-16H,2-4,6-7,9,11-13H2,1H3,(H,21,25). The van der Waals surface area contributed by atoms with Gasteiger partial charge in [-0.3, -0.25) is 4.79 Å². The van der Waals surface area contributed by atoms with Gasteiger partial charge in [-0.25, -0.2) is 8.42 Å². The first-order valence-electron chi connectivity index (χ1n) is 10.5. The molecule has 2 atom stereocenters. The Morgan fingerprint density at radius 3 is 2.77 bits per heavy atom. The van der Waals surface area contributed by atoms with Crippen molar-refractivity contribution in [2.24, 2.45) is 0 Å². The molecule has 2 aromatic heterocycles. The second kappa shape index (κ2) is 9.40. The number of sulfone groups is 1. The number of rotatable bonds is 7. The average molecular weight is 469 g/mol. The van der Waals surface area contributed by atoms with Gasteiger partial charge in [0.1, 0.15) is 5.82 Å². The summed E-state index contributed by atoms with van der Waals surface area (Å²) in [6, 6.07) is 4.26. The zero-order valence-corrected chi connectivity index (χ0v) is 19.6. The highest BCUT2D eigenvalue weighted by Gasteiger charge is 2.31. The van der Waals surface area contributed by atoms with Crippen molar-refractivity contribution in [3.8, 4) is 0 Å². The Hall–Kier alpha value is -1.39. The van der Waals surface area contributed by atoms with Crippen LogP contribution < -0.4 is 5.32 Å². The lowest BCUT2D eigenvalue weighted by molar-refractivity contribution is -0.120. The van der Waals surface area contributed by atoms with Gasteiger partial charge in [-0.1, -0.05) is 37.1 Å². The third-order valence-corrected chi connectivity index (χ3v) is 9.52. The van der Waals surface area contributed by atoms with Gasteiger partial charge in [-0.15, -0.1) is 21.5 Å². The Morgan fingerprint density at radius 2 is 2.10 bits per heavy atom. The van der Waals surface area contributed by atoms with Crippen LogP contribution in [0.1, 0.15) is 62.2 Å². The van der Waals surface area contributed by atoms with Crippen molar-refractivity contribution < 1.29 is 13.2 Å². The summed E-state index contributed by atoms with van der Waals surface area (Å²) in [7, 11) is -3.02. The molecular weight excluding hydrogens is 440 g/mol. The molecule has 2 unspecified atom stereocenters. The topological polar surface area (TPSA) is 93.9 Å². The Kier molecular flexibility index (Phi) is 6.84. The molecule has 1 aliphatic carbocycles. The summed E-state index contributed by atoms with van der Waals surface area (Å²) < 4.78 is 25.6. The van der Waals surface area contributed by atoms with E-state index in [-0.39, 0.29) is 28.7 Å². The Labute approximate surface area is 186 Å². The molecule has 0 bridgehead atoms. The number of aromatic nitrogens is 3. The molecule has 2 aliphatic rings. The van der Waals surface area contributed by atoms with Crippen LogP contribution in [0.3, 0.4) is 0 Å². The fourth-order valence-corrected chi connectivity index (χ4v) is 7.54. The molecule has 10 heteroatoms. The van der Waals surface area contributed by atoms with Crippen molar-refractivity contribution in [1.82, 2.24) is 20.1 Å². The highest BCUT2D eigenvalue weighted by atomic mass is 32.2. The van der Waals surface area contributed by atoms with E-state index in [0.717, 1.165) is 30.2 Å². The summed E-state index contributed by atoms with van der Waals surface area (Å²) in [5.74, 6) is 1.02. The predicted octanol–water partition coefficient (Wildman–Crippen LogP) is 3.22. The van der Waals surface area contributed by atoms with Crippen LogP contribution in [0.2, 0.25) is 0 Å². The molecule has 164 valence electrons. The Morgan fingerprint density at radius 1 is 1.30 bits per heavy atom. The van der Waals surface area contributed by atoms with Crippen molar-refractivity contribution in [2.75, 3.05) is 11.5 Å². The van der Waals surface area contributed by atoms with E-state index in [1.54, 1.807) is 11.3 Å². The van der Waals surface area contributed by atoms with Gasteiger partial charge in [-0.05, 0) is 37.6 Å². The number of nitrogens with zero attached hydrogens (tertiary/aromatic N) is 3. The maximum atomic E-state index is 12.7. The molecular formula is C20H28N4O3S3. The van der Waals surface area contributed by atoms with Gasteiger partial charge in [0.2, 0.25) is 5.91 Å². The molecule has 1 saturated carbocycles. The summed E-state index contributed by atoms with van der Waals surface area (Å²) in [5, 5.41) is 14.3. The normalized spacial score (nSPS) is 22.8. The van der Waals surface area contributed by atoms with Gasteiger partial charge in [0, 0.05) is 23.4 Å². The van der Waals surface area contributed by atoms with Crippen molar-refractivity contribution in [3.05, 3.63) is 28.2 Å². The molecule has 7 nitrogen and oxygen atoms in total. The maximum absolute atomic E-state index is 12.7. The Balaban J connectivity index is 1.48. The summed E-state index contributed by atoms with van der Waals surface area (Å²) in [5.41, 5.74) is 0. The molecule has 2 fully saturated rings. The molecule has 1 N–H and O–H groups in total. The second-order valence-electron chi connectivity index (χ2n) is 8.19. The van der Waals surface area contributed by atoms with Crippen molar-refractivity contribution >= 4 is 38.8 Å². The number of carbonyl (C=O) groups excluding carboxylic acids is 1. The highest BCUT2D eigenvalue weighted by molar-refractivity contribution is 8.00. The first-order valence-corrected chi connectivity index (χ1v) is 14.1. The lowest BCUT2D eigenvalue weighted by atomic mass is 9.95. The quantitative estimate of drug-likeness (QED) is 0.627. The van der Waals surface area contributed by atoms with Crippen LogP contribution in [0.5, 0.6) is 0 Å². The van der Waals surface area contributed by atoms with Gasteiger partial charge < -0.3 is 9.88 Å². The summed E-state index contributed by atoms with van der Waals surface area (Å²) in [6.07, 6.45) is 7.16. The van der Waals surface area contributed by atoms with Crippen LogP contribution in [0.15, 0.2) is 22.7 Å². The van der Waals surface area contributed by atoms with Crippen LogP contribution in [-0.2, 0) is 21.1 Å². The van der Waals surface area contributed by atoms with E-state index in [4.69, 9.17) is 0 Å². The summed E-state index contributed by atoms with van der Waals surface area (Å²) in [6.45, 7) is 1.85. The van der Waals surface area contributed by atoms with E-state index in [2.05, 4.69) is 31.5 Å². The highest BCUT2D eigenvalue weighted by Crippen LogP contribution is 2.34. The minimum Gasteiger partial charge on any atom is -0.351 e. The molecule has 30 heavy (non-hydrogen) atoms. The first kappa shape index (κ1) is 21.8. The molecule has 1 amide bonds. The number of nitrogens with one attached hydrogen (secondary N) is 1. The van der Waals surface area contributed by atoms with Crippen molar-refractivity contribution in [1.29, 1.82) is 0 Å². The molecule has 0 radical (unpaired) electrons. The lowest BCUT2D eigenvalue weighted by Gasteiger charge is -2.26. The van der Waals surface area contributed by atoms with Crippen LogP contribution >= 0.6 is 23.1 Å². The average Bonchev–Trinajstić information content (AvgIpc) is 3.44. The minimum absolute atomic E-state index is 0.0410. The van der Waals surface area contributed by atoms with Crippen LogP contribution in [0.25, 0.3) is 0 Å². The summed E-state index contributed by atoms with van der Waals surface area (Å²) in [4.78, 5) is 13.9. The van der Waals surface area contributed by atoms with Gasteiger partial charge in [0.25, 0.3) is 0 Å². The van der Waals surface area contributed by atoms with Crippen LogP contribution in [-0.4, -0.2) is 51.9 Å². The monoisotopic (exact) mass is 468 g/mol. The fourth-order valence-electron chi connectivity index (χ4n) is 4.22. The smallest absolute Gasteiger partial charge is 0.233 e. The third kappa shape index (κ3) is 5.26. The van der Waals surface area contributed by atoms with Gasteiger partial charge >= 0.3 is 0 Å². The fraction of sp³-hybridized carbons (Fsp3) is 0.650. The van der Waals surface area contributed by atoms with Gasteiger partial charge in [0.15, 0.2) is 15.0 Å². The maximum Gasteiger partial charge on any atom is 0.233 e. The zero-order valence-electron chi connectivity index (χ0n) is 17.1. The number of hydrogen-bond acceptors (Lipinski definition) is 7. The van der Waals surface area contributed by atoms with E-state index < -0.39 is 9.84 Å². The van der Waals surface area contributed by atoms with Gasteiger partial charge in [-0.2, -0.15) is 0 Å². The molecule has 1 saturated heterocycles. The van der Waals surface area contributed by atoms with E-state index >= 15 is 0 Å². The van der Waals surface area contributed by atoms with E-state index in [0.29, 0.717) is 12.5 Å². The SMILES string of the molecule is CC(Sc1nnc(Cc2cccs2)n1C1CCCCC1)C(=O)NC1CCS(=O)(=O)C1. The van der Waals surface area contributed by atoms with Crippen molar-refractivity contribution in [3.63, 3.8) is 0 Å². The molecule has 1 aliphatic heterocycles.